The molecule has 2 aromatic rings. The molecule has 1 atom stereocenters. The first-order valence-corrected chi connectivity index (χ1v) is 8.39. The summed E-state index contributed by atoms with van der Waals surface area (Å²) in [6.45, 7) is 4.30. The third kappa shape index (κ3) is 3.20. The fraction of sp³-hybridized carbons (Fsp3) is 0.412. The number of nitrogens with two attached hydrogens (primary N) is 1. The van der Waals surface area contributed by atoms with E-state index in [1.165, 1.54) is 16.9 Å². The SMILES string of the molecule is CC1(CN)CCN(C(=O)c2cnc(Cc3ccccc3)s2)C1. The van der Waals surface area contributed by atoms with E-state index in [-0.39, 0.29) is 11.3 Å². The van der Waals surface area contributed by atoms with Gasteiger partial charge in [-0.2, -0.15) is 0 Å². The van der Waals surface area contributed by atoms with E-state index in [0.29, 0.717) is 6.54 Å². The number of nitrogens with zero attached hydrogens (tertiary/aromatic N) is 2. The summed E-state index contributed by atoms with van der Waals surface area (Å²) in [4.78, 5) is 19.6. The van der Waals surface area contributed by atoms with Gasteiger partial charge < -0.3 is 10.6 Å². The Morgan fingerprint density at radius 1 is 1.41 bits per heavy atom. The molecule has 3 rings (SSSR count). The number of likely N-dealkylation sites (tertiary alicyclic amines) is 1. The fourth-order valence-electron chi connectivity index (χ4n) is 2.78. The van der Waals surface area contributed by atoms with E-state index in [1.807, 2.05) is 23.1 Å². The summed E-state index contributed by atoms with van der Waals surface area (Å²) in [5, 5.41) is 0.982. The van der Waals surface area contributed by atoms with Gasteiger partial charge in [-0.05, 0) is 23.9 Å². The average molecular weight is 315 g/mol. The van der Waals surface area contributed by atoms with Crippen LogP contribution in [0.4, 0.5) is 0 Å². The van der Waals surface area contributed by atoms with Gasteiger partial charge in [0, 0.05) is 19.5 Å². The molecule has 1 amide bonds. The van der Waals surface area contributed by atoms with Crippen molar-refractivity contribution in [3.63, 3.8) is 0 Å². The zero-order chi connectivity index (χ0) is 15.6. The van der Waals surface area contributed by atoms with E-state index in [9.17, 15) is 4.79 Å². The van der Waals surface area contributed by atoms with Gasteiger partial charge in [0.05, 0.1) is 11.2 Å². The maximum atomic E-state index is 12.6. The Morgan fingerprint density at radius 2 is 2.18 bits per heavy atom. The minimum atomic E-state index is 0.0627. The van der Waals surface area contributed by atoms with Crippen molar-refractivity contribution in [2.24, 2.45) is 11.1 Å². The molecule has 1 aliphatic heterocycles. The first kappa shape index (κ1) is 15.2. The summed E-state index contributed by atoms with van der Waals surface area (Å²) >= 11 is 1.50. The zero-order valence-electron chi connectivity index (χ0n) is 12.8. The van der Waals surface area contributed by atoms with Crippen LogP contribution in [0.25, 0.3) is 0 Å². The number of thiazole rings is 1. The number of carbonyl (C=O) groups excluding carboxylic acids is 1. The van der Waals surface area contributed by atoms with Crippen LogP contribution < -0.4 is 5.73 Å². The Balaban J connectivity index is 1.67. The predicted octanol–water partition coefficient (Wildman–Crippen LogP) is 2.54. The van der Waals surface area contributed by atoms with E-state index in [1.54, 1.807) is 6.20 Å². The molecule has 1 aromatic carbocycles. The Bertz CT molecular complexity index is 655. The monoisotopic (exact) mass is 315 g/mol. The van der Waals surface area contributed by atoms with Gasteiger partial charge in [-0.3, -0.25) is 4.79 Å². The zero-order valence-corrected chi connectivity index (χ0v) is 13.6. The van der Waals surface area contributed by atoms with Crippen molar-refractivity contribution in [2.75, 3.05) is 19.6 Å². The molecule has 2 N–H and O–H groups in total. The van der Waals surface area contributed by atoms with Crippen molar-refractivity contribution >= 4 is 17.2 Å². The highest BCUT2D eigenvalue weighted by Gasteiger charge is 2.35. The normalized spacial score (nSPS) is 21.3. The van der Waals surface area contributed by atoms with Crippen molar-refractivity contribution in [1.29, 1.82) is 0 Å². The molecule has 1 fully saturated rings. The predicted molar refractivity (Wildman–Crippen MR) is 89.0 cm³/mol. The van der Waals surface area contributed by atoms with Crippen LogP contribution in [0.15, 0.2) is 36.5 Å². The molecule has 1 saturated heterocycles. The molecule has 1 aliphatic rings. The van der Waals surface area contributed by atoms with Crippen LogP contribution in [0.3, 0.4) is 0 Å². The van der Waals surface area contributed by atoms with Crippen LogP contribution in [0, 0.1) is 5.41 Å². The molecule has 0 spiro atoms. The minimum Gasteiger partial charge on any atom is -0.337 e. The molecule has 0 radical (unpaired) electrons. The second kappa shape index (κ2) is 6.18. The summed E-state index contributed by atoms with van der Waals surface area (Å²) in [6.07, 6.45) is 3.47. The first-order valence-electron chi connectivity index (χ1n) is 7.58. The lowest BCUT2D eigenvalue weighted by Gasteiger charge is -2.22. The van der Waals surface area contributed by atoms with E-state index < -0.39 is 0 Å². The van der Waals surface area contributed by atoms with Crippen molar-refractivity contribution < 1.29 is 4.79 Å². The Labute approximate surface area is 135 Å². The molecule has 0 bridgehead atoms. The lowest BCUT2D eigenvalue weighted by atomic mass is 9.90. The molecule has 0 saturated carbocycles. The lowest BCUT2D eigenvalue weighted by molar-refractivity contribution is 0.0781. The molecular formula is C17H21N3OS. The van der Waals surface area contributed by atoms with Gasteiger partial charge in [0.15, 0.2) is 0 Å². The standard InChI is InChI=1S/C17H21N3OS/c1-17(11-18)7-8-20(12-17)16(21)14-10-19-15(22-14)9-13-5-3-2-4-6-13/h2-6,10H,7-9,11-12,18H2,1H3. The average Bonchev–Trinajstić information content (AvgIpc) is 3.15. The van der Waals surface area contributed by atoms with Crippen LogP contribution in [0.5, 0.6) is 0 Å². The van der Waals surface area contributed by atoms with Gasteiger partial charge >= 0.3 is 0 Å². The number of hydrogen-bond donors (Lipinski definition) is 1. The van der Waals surface area contributed by atoms with Crippen molar-refractivity contribution in [2.45, 2.75) is 19.8 Å². The topological polar surface area (TPSA) is 59.2 Å². The molecule has 1 unspecified atom stereocenters. The van der Waals surface area contributed by atoms with Crippen molar-refractivity contribution in [3.05, 3.63) is 52.0 Å². The van der Waals surface area contributed by atoms with E-state index in [4.69, 9.17) is 5.73 Å². The Morgan fingerprint density at radius 3 is 2.86 bits per heavy atom. The second-order valence-corrected chi connectivity index (χ2v) is 7.39. The van der Waals surface area contributed by atoms with Crippen LogP contribution in [0.2, 0.25) is 0 Å². The highest BCUT2D eigenvalue weighted by molar-refractivity contribution is 7.13. The van der Waals surface area contributed by atoms with Gasteiger partial charge in [-0.1, -0.05) is 37.3 Å². The summed E-state index contributed by atoms with van der Waals surface area (Å²) in [7, 11) is 0. The summed E-state index contributed by atoms with van der Waals surface area (Å²) in [6, 6.07) is 10.2. The van der Waals surface area contributed by atoms with Gasteiger partial charge in [0.1, 0.15) is 4.88 Å². The Hall–Kier alpha value is -1.72. The molecule has 0 aliphatic carbocycles. The number of benzene rings is 1. The third-order valence-corrected chi connectivity index (χ3v) is 5.29. The second-order valence-electron chi connectivity index (χ2n) is 6.27. The summed E-state index contributed by atoms with van der Waals surface area (Å²) in [5.74, 6) is 0.0917. The van der Waals surface area contributed by atoms with Crippen LogP contribution in [0.1, 0.15) is 33.6 Å². The highest BCUT2D eigenvalue weighted by Crippen LogP contribution is 2.30. The molecule has 116 valence electrons. The minimum absolute atomic E-state index is 0.0627. The molecule has 2 heterocycles. The number of rotatable bonds is 4. The Kier molecular flexibility index (Phi) is 4.27. The van der Waals surface area contributed by atoms with Gasteiger partial charge in [-0.15, -0.1) is 11.3 Å². The quantitative estimate of drug-likeness (QED) is 0.943. The molecular weight excluding hydrogens is 294 g/mol. The highest BCUT2D eigenvalue weighted by atomic mass is 32.1. The smallest absolute Gasteiger partial charge is 0.265 e. The summed E-state index contributed by atoms with van der Waals surface area (Å²) < 4.78 is 0. The van der Waals surface area contributed by atoms with E-state index in [2.05, 4.69) is 24.0 Å². The molecule has 4 nitrogen and oxygen atoms in total. The van der Waals surface area contributed by atoms with Gasteiger partial charge in [0.25, 0.3) is 5.91 Å². The molecule has 1 aromatic heterocycles. The first-order chi connectivity index (χ1) is 10.6. The largest absolute Gasteiger partial charge is 0.337 e. The van der Waals surface area contributed by atoms with Crippen molar-refractivity contribution in [1.82, 2.24) is 9.88 Å². The third-order valence-electron chi connectivity index (χ3n) is 4.30. The van der Waals surface area contributed by atoms with Gasteiger partial charge in [0.2, 0.25) is 0 Å². The maximum absolute atomic E-state index is 12.6. The van der Waals surface area contributed by atoms with E-state index >= 15 is 0 Å². The number of amides is 1. The lowest BCUT2D eigenvalue weighted by Crippen LogP contribution is -2.34. The number of carbonyl (C=O) groups is 1. The molecule has 22 heavy (non-hydrogen) atoms. The van der Waals surface area contributed by atoms with E-state index in [0.717, 1.165) is 35.8 Å². The summed E-state index contributed by atoms with van der Waals surface area (Å²) in [5.41, 5.74) is 7.09. The number of hydrogen-bond acceptors (Lipinski definition) is 4. The van der Waals surface area contributed by atoms with Crippen LogP contribution in [-0.2, 0) is 6.42 Å². The molecule has 5 heteroatoms. The fourth-order valence-corrected chi connectivity index (χ4v) is 3.70. The van der Waals surface area contributed by atoms with Gasteiger partial charge in [-0.25, -0.2) is 4.98 Å². The number of aromatic nitrogens is 1. The van der Waals surface area contributed by atoms with Crippen LogP contribution in [-0.4, -0.2) is 35.4 Å². The van der Waals surface area contributed by atoms with Crippen LogP contribution >= 0.6 is 11.3 Å². The maximum Gasteiger partial charge on any atom is 0.265 e. The van der Waals surface area contributed by atoms with Crippen molar-refractivity contribution in [3.8, 4) is 0 Å².